The minimum atomic E-state index is -0.618. The Morgan fingerprint density at radius 1 is 1.32 bits per heavy atom. The third kappa shape index (κ3) is 5.48. The van der Waals surface area contributed by atoms with Crippen LogP contribution in [0.5, 0.6) is 0 Å². The molecule has 0 fully saturated rings. The summed E-state index contributed by atoms with van der Waals surface area (Å²) in [5, 5.41) is 2.42. The van der Waals surface area contributed by atoms with Gasteiger partial charge in [-0.05, 0) is 31.5 Å². The van der Waals surface area contributed by atoms with Gasteiger partial charge in [-0.25, -0.2) is 9.18 Å². The third-order valence-electron chi connectivity index (χ3n) is 2.24. The van der Waals surface area contributed by atoms with E-state index in [-0.39, 0.29) is 6.61 Å². The molecule has 0 aliphatic carbocycles. The summed E-state index contributed by atoms with van der Waals surface area (Å²) >= 11 is 0. The van der Waals surface area contributed by atoms with Crippen LogP contribution in [0.3, 0.4) is 0 Å². The SMILES string of the molecule is CCOCC(=O)OCC(=O)Nc1ccc(C)c(F)c1. The summed E-state index contributed by atoms with van der Waals surface area (Å²) in [6.07, 6.45) is 0. The van der Waals surface area contributed by atoms with Gasteiger partial charge in [-0.15, -0.1) is 0 Å². The number of ether oxygens (including phenoxy) is 2. The topological polar surface area (TPSA) is 64.6 Å². The molecule has 0 radical (unpaired) electrons. The van der Waals surface area contributed by atoms with Crippen LogP contribution in [0.25, 0.3) is 0 Å². The fraction of sp³-hybridized carbons (Fsp3) is 0.385. The average molecular weight is 269 g/mol. The summed E-state index contributed by atoms with van der Waals surface area (Å²) in [5.41, 5.74) is 0.801. The molecule has 0 aliphatic heterocycles. The van der Waals surface area contributed by atoms with Gasteiger partial charge in [0.25, 0.3) is 5.91 Å². The molecule has 1 rings (SSSR count). The Balaban J connectivity index is 2.38. The standard InChI is InChI=1S/C13H16FNO4/c1-3-18-8-13(17)19-7-12(16)15-10-5-4-9(2)11(14)6-10/h4-6H,3,7-8H2,1-2H3,(H,15,16). The number of benzene rings is 1. The highest BCUT2D eigenvalue weighted by molar-refractivity contribution is 5.92. The van der Waals surface area contributed by atoms with Crippen molar-refractivity contribution < 1.29 is 23.5 Å². The highest BCUT2D eigenvalue weighted by Crippen LogP contribution is 2.13. The number of aryl methyl sites for hydroxylation is 1. The monoisotopic (exact) mass is 269 g/mol. The van der Waals surface area contributed by atoms with E-state index in [0.29, 0.717) is 17.9 Å². The molecule has 0 spiro atoms. The smallest absolute Gasteiger partial charge is 0.332 e. The molecule has 0 atom stereocenters. The van der Waals surface area contributed by atoms with Crippen molar-refractivity contribution in [3.8, 4) is 0 Å². The van der Waals surface area contributed by atoms with Crippen molar-refractivity contribution in [2.24, 2.45) is 0 Å². The first-order chi connectivity index (χ1) is 9.02. The van der Waals surface area contributed by atoms with Gasteiger partial charge in [0.1, 0.15) is 12.4 Å². The number of amides is 1. The Morgan fingerprint density at radius 3 is 2.68 bits per heavy atom. The lowest BCUT2D eigenvalue weighted by Gasteiger charge is -2.07. The van der Waals surface area contributed by atoms with Crippen molar-refractivity contribution >= 4 is 17.6 Å². The summed E-state index contributed by atoms with van der Waals surface area (Å²) < 4.78 is 22.7. The average Bonchev–Trinajstić information content (AvgIpc) is 2.38. The summed E-state index contributed by atoms with van der Waals surface area (Å²) in [6.45, 7) is 3.14. The van der Waals surface area contributed by atoms with E-state index in [1.807, 2.05) is 0 Å². The number of carbonyl (C=O) groups excluding carboxylic acids is 2. The van der Waals surface area contributed by atoms with Crippen LogP contribution in [-0.2, 0) is 19.1 Å². The van der Waals surface area contributed by atoms with Crippen LogP contribution < -0.4 is 5.32 Å². The molecule has 1 aromatic rings. The lowest BCUT2D eigenvalue weighted by molar-refractivity contribution is -0.151. The van der Waals surface area contributed by atoms with Crippen LogP contribution in [0.15, 0.2) is 18.2 Å². The van der Waals surface area contributed by atoms with Crippen molar-refractivity contribution in [3.05, 3.63) is 29.6 Å². The van der Waals surface area contributed by atoms with Gasteiger partial charge in [0.15, 0.2) is 6.61 Å². The zero-order valence-electron chi connectivity index (χ0n) is 10.9. The summed E-state index contributed by atoms with van der Waals surface area (Å²) in [7, 11) is 0. The fourth-order valence-corrected chi connectivity index (χ4v) is 1.24. The molecule has 0 unspecified atom stereocenters. The number of esters is 1. The molecule has 6 heteroatoms. The van der Waals surface area contributed by atoms with Gasteiger partial charge in [0.2, 0.25) is 0 Å². The van der Waals surface area contributed by atoms with Crippen LogP contribution in [0.4, 0.5) is 10.1 Å². The van der Waals surface area contributed by atoms with E-state index in [2.05, 4.69) is 10.1 Å². The number of rotatable bonds is 6. The molecule has 1 amide bonds. The van der Waals surface area contributed by atoms with Crippen LogP contribution in [-0.4, -0.2) is 31.7 Å². The summed E-state index contributed by atoms with van der Waals surface area (Å²) in [5.74, 6) is -1.56. The fourth-order valence-electron chi connectivity index (χ4n) is 1.24. The molecule has 19 heavy (non-hydrogen) atoms. The molecule has 0 saturated carbocycles. The van der Waals surface area contributed by atoms with Crippen molar-refractivity contribution in [1.29, 1.82) is 0 Å². The molecule has 0 aliphatic rings. The first-order valence-electron chi connectivity index (χ1n) is 5.82. The van der Waals surface area contributed by atoms with E-state index in [0.717, 1.165) is 0 Å². The Labute approximate surface area is 110 Å². The van der Waals surface area contributed by atoms with Crippen molar-refractivity contribution in [1.82, 2.24) is 0 Å². The van der Waals surface area contributed by atoms with E-state index in [4.69, 9.17) is 4.74 Å². The van der Waals surface area contributed by atoms with Gasteiger partial charge in [-0.1, -0.05) is 6.07 Å². The van der Waals surface area contributed by atoms with Crippen LogP contribution in [0.1, 0.15) is 12.5 Å². The quantitative estimate of drug-likeness (QED) is 0.798. The molecule has 1 N–H and O–H groups in total. The number of halogens is 1. The highest BCUT2D eigenvalue weighted by atomic mass is 19.1. The minimum Gasteiger partial charge on any atom is -0.454 e. The van der Waals surface area contributed by atoms with E-state index < -0.39 is 24.3 Å². The molecular weight excluding hydrogens is 253 g/mol. The van der Waals surface area contributed by atoms with Gasteiger partial charge in [0.05, 0.1) is 0 Å². The molecule has 1 aromatic carbocycles. The number of carbonyl (C=O) groups is 2. The van der Waals surface area contributed by atoms with Crippen LogP contribution in [0, 0.1) is 12.7 Å². The Bertz CT molecular complexity index is 462. The number of hydrogen-bond donors (Lipinski definition) is 1. The molecule has 0 saturated heterocycles. The van der Waals surface area contributed by atoms with Gasteiger partial charge in [-0.3, -0.25) is 4.79 Å². The predicted molar refractivity (Wildman–Crippen MR) is 67.2 cm³/mol. The summed E-state index contributed by atoms with van der Waals surface area (Å²) in [4.78, 5) is 22.5. The molecule has 0 bridgehead atoms. The third-order valence-corrected chi connectivity index (χ3v) is 2.24. The second-order valence-corrected chi connectivity index (χ2v) is 3.81. The van der Waals surface area contributed by atoms with E-state index in [1.54, 1.807) is 26.0 Å². The van der Waals surface area contributed by atoms with E-state index in [1.165, 1.54) is 6.07 Å². The largest absolute Gasteiger partial charge is 0.454 e. The summed E-state index contributed by atoms with van der Waals surface area (Å²) in [6, 6.07) is 4.32. The number of hydrogen-bond acceptors (Lipinski definition) is 4. The lowest BCUT2D eigenvalue weighted by Crippen LogP contribution is -2.23. The van der Waals surface area contributed by atoms with Gasteiger partial charge in [0, 0.05) is 12.3 Å². The zero-order valence-corrected chi connectivity index (χ0v) is 10.9. The Hall–Kier alpha value is -1.95. The molecule has 104 valence electrons. The molecular formula is C13H16FNO4. The predicted octanol–water partition coefficient (Wildman–Crippen LogP) is 1.65. The first kappa shape index (κ1) is 15.1. The lowest BCUT2D eigenvalue weighted by atomic mass is 10.2. The maximum Gasteiger partial charge on any atom is 0.332 e. The van der Waals surface area contributed by atoms with E-state index >= 15 is 0 Å². The highest BCUT2D eigenvalue weighted by Gasteiger charge is 2.08. The Morgan fingerprint density at radius 2 is 2.05 bits per heavy atom. The van der Waals surface area contributed by atoms with Crippen molar-refractivity contribution in [2.45, 2.75) is 13.8 Å². The number of anilines is 1. The maximum absolute atomic E-state index is 13.2. The van der Waals surface area contributed by atoms with Crippen molar-refractivity contribution in [2.75, 3.05) is 25.1 Å². The Kier molecular flexibility index (Phi) is 5.95. The van der Waals surface area contributed by atoms with Gasteiger partial charge >= 0.3 is 5.97 Å². The minimum absolute atomic E-state index is 0.192. The van der Waals surface area contributed by atoms with Crippen LogP contribution >= 0.6 is 0 Å². The normalized spacial score (nSPS) is 10.1. The molecule has 0 aromatic heterocycles. The van der Waals surface area contributed by atoms with Gasteiger partial charge < -0.3 is 14.8 Å². The second-order valence-electron chi connectivity index (χ2n) is 3.81. The molecule has 5 nitrogen and oxygen atoms in total. The second kappa shape index (κ2) is 7.48. The van der Waals surface area contributed by atoms with Gasteiger partial charge in [-0.2, -0.15) is 0 Å². The maximum atomic E-state index is 13.2. The first-order valence-corrected chi connectivity index (χ1v) is 5.82. The zero-order chi connectivity index (χ0) is 14.3. The number of nitrogens with one attached hydrogen (secondary N) is 1. The van der Waals surface area contributed by atoms with E-state index in [9.17, 15) is 14.0 Å². The van der Waals surface area contributed by atoms with Crippen LogP contribution in [0.2, 0.25) is 0 Å². The van der Waals surface area contributed by atoms with Crippen molar-refractivity contribution in [3.63, 3.8) is 0 Å². The molecule has 0 heterocycles.